The van der Waals surface area contributed by atoms with Crippen LogP contribution < -0.4 is 0 Å². The van der Waals surface area contributed by atoms with Crippen LogP contribution in [0.1, 0.15) is 23.1 Å². The van der Waals surface area contributed by atoms with Gasteiger partial charge in [0.1, 0.15) is 0 Å². The molecule has 1 nitrogen and oxygen atoms in total. The Morgan fingerprint density at radius 2 is 2.06 bits per heavy atom. The van der Waals surface area contributed by atoms with Crippen molar-refractivity contribution in [2.45, 2.75) is 25.4 Å². The van der Waals surface area contributed by atoms with Gasteiger partial charge in [0.15, 0.2) is 0 Å². The SMILES string of the molecule is C=CCc1cc(CCCOC)ccc1C(F)(F)F. The van der Waals surface area contributed by atoms with Crippen LogP contribution in [-0.2, 0) is 23.8 Å². The second-order valence-corrected chi connectivity index (χ2v) is 4.08. The normalized spacial score (nSPS) is 11.6. The van der Waals surface area contributed by atoms with Crippen LogP contribution in [-0.4, -0.2) is 13.7 Å². The molecule has 0 radical (unpaired) electrons. The third-order valence-corrected chi connectivity index (χ3v) is 2.65. The quantitative estimate of drug-likeness (QED) is 0.553. The molecule has 1 aromatic carbocycles. The molecule has 0 fully saturated rings. The summed E-state index contributed by atoms with van der Waals surface area (Å²) < 4.78 is 43.2. The predicted octanol–water partition coefficient (Wildman–Crippen LogP) is 4.01. The maximum absolute atomic E-state index is 12.8. The Morgan fingerprint density at radius 3 is 2.61 bits per heavy atom. The monoisotopic (exact) mass is 258 g/mol. The van der Waals surface area contributed by atoms with Crippen molar-refractivity contribution in [1.29, 1.82) is 0 Å². The predicted molar refractivity (Wildman–Crippen MR) is 65.5 cm³/mol. The van der Waals surface area contributed by atoms with Gasteiger partial charge in [-0.2, -0.15) is 13.2 Å². The van der Waals surface area contributed by atoms with E-state index in [0.717, 1.165) is 24.5 Å². The van der Waals surface area contributed by atoms with Crippen molar-refractivity contribution in [2.75, 3.05) is 13.7 Å². The van der Waals surface area contributed by atoms with E-state index in [1.54, 1.807) is 13.2 Å². The topological polar surface area (TPSA) is 9.23 Å². The van der Waals surface area contributed by atoms with Crippen LogP contribution in [0.4, 0.5) is 13.2 Å². The molecule has 0 spiro atoms. The molecule has 0 aliphatic carbocycles. The van der Waals surface area contributed by atoms with Gasteiger partial charge in [0, 0.05) is 13.7 Å². The van der Waals surface area contributed by atoms with Crippen LogP contribution in [0, 0.1) is 0 Å². The van der Waals surface area contributed by atoms with Crippen LogP contribution in [0.25, 0.3) is 0 Å². The average molecular weight is 258 g/mol. The summed E-state index contributed by atoms with van der Waals surface area (Å²) in [5.41, 5.74) is 0.613. The molecule has 0 aliphatic rings. The number of hydrogen-bond donors (Lipinski definition) is 0. The van der Waals surface area contributed by atoms with Gasteiger partial charge in [0.2, 0.25) is 0 Å². The van der Waals surface area contributed by atoms with Crippen molar-refractivity contribution in [3.63, 3.8) is 0 Å². The van der Waals surface area contributed by atoms with E-state index in [1.165, 1.54) is 12.1 Å². The van der Waals surface area contributed by atoms with Gasteiger partial charge in [-0.15, -0.1) is 6.58 Å². The van der Waals surface area contributed by atoms with Crippen molar-refractivity contribution in [2.24, 2.45) is 0 Å². The van der Waals surface area contributed by atoms with Crippen LogP contribution in [0.5, 0.6) is 0 Å². The molecule has 0 N–H and O–H groups in total. The van der Waals surface area contributed by atoms with E-state index in [-0.39, 0.29) is 12.0 Å². The van der Waals surface area contributed by atoms with Crippen LogP contribution >= 0.6 is 0 Å². The first-order valence-corrected chi connectivity index (χ1v) is 5.78. The molecule has 0 saturated carbocycles. The van der Waals surface area contributed by atoms with Gasteiger partial charge in [-0.25, -0.2) is 0 Å². The molecule has 1 rings (SSSR count). The summed E-state index contributed by atoms with van der Waals surface area (Å²) in [5.74, 6) is 0. The molecular weight excluding hydrogens is 241 g/mol. The number of methoxy groups -OCH3 is 1. The molecule has 0 saturated heterocycles. The summed E-state index contributed by atoms with van der Waals surface area (Å²) in [7, 11) is 1.61. The number of hydrogen-bond acceptors (Lipinski definition) is 1. The Morgan fingerprint density at radius 1 is 1.33 bits per heavy atom. The first-order valence-electron chi connectivity index (χ1n) is 5.78. The third kappa shape index (κ3) is 4.18. The number of ether oxygens (including phenoxy) is 1. The Labute approximate surface area is 105 Å². The summed E-state index contributed by atoms with van der Waals surface area (Å²) in [6.45, 7) is 4.11. The summed E-state index contributed by atoms with van der Waals surface area (Å²) in [6.07, 6.45) is -1.06. The van der Waals surface area contributed by atoms with Crippen molar-refractivity contribution in [3.05, 3.63) is 47.5 Å². The number of rotatable bonds is 6. The highest BCUT2D eigenvalue weighted by Gasteiger charge is 2.32. The summed E-state index contributed by atoms with van der Waals surface area (Å²) in [4.78, 5) is 0. The first kappa shape index (κ1) is 14.8. The molecule has 0 aromatic heterocycles. The highest BCUT2D eigenvalue weighted by atomic mass is 19.4. The van der Waals surface area contributed by atoms with E-state index in [4.69, 9.17) is 4.74 Å². The molecule has 4 heteroatoms. The highest BCUT2D eigenvalue weighted by molar-refractivity contribution is 5.35. The fraction of sp³-hybridized carbons (Fsp3) is 0.429. The molecule has 0 amide bonds. The molecular formula is C14H17F3O. The molecule has 0 bridgehead atoms. The van der Waals surface area contributed by atoms with Crippen LogP contribution in [0.3, 0.4) is 0 Å². The van der Waals surface area contributed by atoms with Gasteiger partial charge < -0.3 is 4.74 Å². The standard InChI is InChI=1S/C14H17F3O/c1-3-5-12-10-11(6-4-9-18-2)7-8-13(12)14(15,16)17/h3,7-8,10H,1,4-6,9H2,2H3. The van der Waals surface area contributed by atoms with Gasteiger partial charge in [0.25, 0.3) is 0 Å². The molecule has 1 aromatic rings. The van der Waals surface area contributed by atoms with Gasteiger partial charge in [-0.05, 0) is 36.5 Å². The van der Waals surface area contributed by atoms with E-state index >= 15 is 0 Å². The van der Waals surface area contributed by atoms with Crippen molar-refractivity contribution < 1.29 is 17.9 Å². The minimum Gasteiger partial charge on any atom is -0.385 e. The lowest BCUT2D eigenvalue weighted by atomic mass is 9.99. The minimum atomic E-state index is -4.30. The van der Waals surface area contributed by atoms with E-state index in [2.05, 4.69) is 6.58 Å². The number of halogens is 3. The molecule has 18 heavy (non-hydrogen) atoms. The zero-order valence-corrected chi connectivity index (χ0v) is 10.4. The number of allylic oxidation sites excluding steroid dienone is 1. The Hall–Kier alpha value is -1.29. The zero-order valence-electron chi connectivity index (χ0n) is 10.4. The van der Waals surface area contributed by atoms with E-state index in [0.29, 0.717) is 6.61 Å². The second-order valence-electron chi connectivity index (χ2n) is 4.08. The Bertz CT molecular complexity index is 397. The lowest BCUT2D eigenvalue weighted by Crippen LogP contribution is -2.09. The van der Waals surface area contributed by atoms with Crippen LogP contribution in [0.2, 0.25) is 0 Å². The smallest absolute Gasteiger partial charge is 0.385 e. The Kier molecular flexibility index (Phi) is 5.41. The fourth-order valence-electron chi connectivity index (χ4n) is 1.82. The van der Waals surface area contributed by atoms with Gasteiger partial charge in [-0.3, -0.25) is 0 Å². The highest BCUT2D eigenvalue weighted by Crippen LogP contribution is 2.33. The zero-order chi connectivity index (χ0) is 13.6. The number of alkyl halides is 3. The lowest BCUT2D eigenvalue weighted by Gasteiger charge is -2.13. The van der Waals surface area contributed by atoms with Gasteiger partial charge in [0.05, 0.1) is 5.56 Å². The van der Waals surface area contributed by atoms with Crippen LogP contribution in [0.15, 0.2) is 30.9 Å². The summed E-state index contributed by atoms with van der Waals surface area (Å²) in [5, 5.41) is 0. The average Bonchev–Trinajstić information content (AvgIpc) is 2.28. The molecule has 0 aliphatic heterocycles. The van der Waals surface area contributed by atoms with E-state index in [1.807, 2.05) is 0 Å². The van der Waals surface area contributed by atoms with Gasteiger partial charge in [-0.1, -0.05) is 18.2 Å². The summed E-state index contributed by atoms with van der Waals surface area (Å²) >= 11 is 0. The minimum absolute atomic E-state index is 0.229. The molecule has 0 heterocycles. The van der Waals surface area contributed by atoms with Crippen molar-refractivity contribution in [3.8, 4) is 0 Å². The van der Waals surface area contributed by atoms with Crippen molar-refractivity contribution in [1.82, 2.24) is 0 Å². The summed E-state index contributed by atoms with van der Waals surface area (Å²) in [6, 6.07) is 4.30. The number of aryl methyl sites for hydroxylation is 1. The van der Waals surface area contributed by atoms with Gasteiger partial charge >= 0.3 is 6.18 Å². The number of benzene rings is 1. The lowest BCUT2D eigenvalue weighted by molar-refractivity contribution is -0.138. The largest absolute Gasteiger partial charge is 0.416 e. The van der Waals surface area contributed by atoms with Crippen molar-refractivity contribution >= 4 is 0 Å². The first-order chi connectivity index (χ1) is 8.49. The maximum Gasteiger partial charge on any atom is 0.416 e. The molecule has 0 unspecified atom stereocenters. The van der Waals surface area contributed by atoms with E-state index in [9.17, 15) is 13.2 Å². The molecule has 100 valence electrons. The molecule has 0 atom stereocenters. The third-order valence-electron chi connectivity index (χ3n) is 2.65. The fourth-order valence-corrected chi connectivity index (χ4v) is 1.82. The Balaban J connectivity index is 2.92. The van der Waals surface area contributed by atoms with E-state index < -0.39 is 11.7 Å². The maximum atomic E-state index is 12.8. The second kappa shape index (κ2) is 6.59.